The molecule has 11 heteroatoms. The number of thiocarbonyl (C=S) groups is 1. The van der Waals surface area contributed by atoms with Crippen molar-refractivity contribution in [2.24, 2.45) is 0 Å². The highest BCUT2D eigenvalue weighted by Crippen LogP contribution is 2.27. The molecule has 0 aromatic heterocycles. The van der Waals surface area contributed by atoms with E-state index in [1.165, 1.54) is 7.11 Å². The van der Waals surface area contributed by atoms with Crippen molar-refractivity contribution >= 4 is 52.3 Å². The molecular formula is C20H21Cl2N3O5S. The summed E-state index contributed by atoms with van der Waals surface area (Å²) in [4.78, 5) is 23.8. The third-order valence-corrected chi connectivity index (χ3v) is 4.43. The number of amides is 2. The van der Waals surface area contributed by atoms with Crippen LogP contribution < -0.4 is 30.4 Å². The van der Waals surface area contributed by atoms with Crippen LogP contribution in [0, 0.1) is 0 Å². The molecule has 0 fully saturated rings. The van der Waals surface area contributed by atoms with Gasteiger partial charge in [-0.05, 0) is 49.0 Å². The smallest absolute Gasteiger partial charge is 0.264 e. The number of nitrogens with one attached hydrogen (secondary N) is 3. The van der Waals surface area contributed by atoms with Crippen molar-refractivity contribution in [2.45, 2.75) is 12.8 Å². The Kier molecular flexibility index (Phi) is 10.2. The van der Waals surface area contributed by atoms with E-state index in [-0.39, 0.29) is 30.7 Å². The van der Waals surface area contributed by atoms with E-state index in [0.29, 0.717) is 33.7 Å². The van der Waals surface area contributed by atoms with Gasteiger partial charge in [0.15, 0.2) is 23.2 Å². The van der Waals surface area contributed by atoms with Crippen molar-refractivity contribution in [1.82, 2.24) is 16.2 Å². The molecule has 0 aliphatic heterocycles. The maximum Gasteiger partial charge on any atom is 0.264 e. The van der Waals surface area contributed by atoms with Gasteiger partial charge in [-0.2, -0.15) is 0 Å². The molecular weight excluding hydrogens is 465 g/mol. The topological polar surface area (TPSA) is 97.9 Å². The zero-order valence-corrected chi connectivity index (χ0v) is 18.9. The van der Waals surface area contributed by atoms with Crippen LogP contribution in [0.2, 0.25) is 10.0 Å². The molecule has 2 aromatic carbocycles. The molecule has 0 saturated heterocycles. The first-order valence-corrected chi connectivity index (χ1v) is 10.3. The van der Waals surface area contributed by atoms with E-state index in [1.54, 1.807) is 42.5 Å². The van der Waals surface area contributed by atoms with Gasteiger partial charge < -0.3 is 14.2 Å². The third-order valence-electron chi connectivity index (χ3n) is 3.70. The lowest BCUT2D eigenvalue weighted by Crippen LogP contribution is -2.49. The second-order valence-electron chi connectivity index (χ2n) is 6.02. The Hall–Kier alpha value is -2.75. The molecule has 2 amide bonds. The molecule has 0 aliphatic rings. The maximum absolute atomic E-state index is 11.9. The van der Waals surface area contributed by atoms with Gasteiger partial charge in [-0.3, -0.25) is 25.8 Å². The lowest BCUT2D eigenvalue weighted by atomic mass is 10.3. The molecule has 2 rings (SSSR count). The lowest BCUT2D eigenvalue weighted by molar-refractivity contribution is -0.123. The van der Waals surface area contributed by atoms with Crippen LogP contribution in [0.4, 0.5) is 0 Å². The molecule has 0 saturated carbocycles. The quantitative estimate of drug-likeness (QED) is 0.284. The van der Waals surface area contributed by atoms with Crippen molar-refractivity contribution < 1.29 is 23.8 Å². The third kappa shape index (κ3) is 8.87. The minimum Gasteiger partial charge on any atom is -0.493 e. The van der Waals surface area contributed by atoms with Gasteiger partial charge in [0.25, 0.3) is 5.91 Å². The molecule has 0 radical (unpaired) electrons. The van der Waals surface area contributed by atoms with Crippen molar-refractivity contribution in [3.8, 4) is 17.2 Å². The Labute approximate surface area is 195 Å². The second kappa shape index (κ2) is 12.8. The van der Waals surface area contributed by atoms with Crippen molar-refractivity contribution in [3.63, 3.8) is 0 Å². The first-order valence-electron chi connectivity index (χ1n) is 9.11. The minimum absolute atomic E-state index is 0.0637. The normalized spacial score (nSPS) is 10.0. The fourth-order valence-electron chi connectivity index (χ4n) is 2.27. The number of carbonyl (C=O) groups is 2. The summed E-state index contributed by atoms with van der Waals surface area (Å²) in [5.41, 5.74) is 4.84. The van der Waals surface area contributed by atoms with Gasteiger partial charge in [0.2, 0.25) is 5.91 Å². The fourth-order valence-corrected chi connectivity index (χ4v) is 2.90. The van der Waals surface area contributed by atoms with Crippen LogP contribution >= 0.6 is 35.4 Å². The molecule has 0 unspecified atom stereocenters. The number of methoxy groups -OCH3 is 1. The molecule has 0 spiro atoms. The molecule has 166 valence electrons. The Bertz CT molecular complexity index is 929. The summed E-state index contributed by atoms with van der Waals surface area (Å²) in [6.07, 6.45) is 0.615. The van der Waals surface area contributed by atoms with Gasteiger partial charge in [0.1, 0.15) is 5.75 Å². The van der Waals surface area contributed by atoms with Gasteiger partial charge in [-0.15, -0.1) is 0 Å². The standard InChI is InChI=1S/C20H21Cl2N3O5S/c1-28-16-5-2-3-6-17(16)30-12-19(27)23-20(31)25-24-18(26)7-4-10-29-15-9-8-13(21)11-14(15)22/h2-3,5-6,8-9,11H,4,7,10,12H2,1H3,(H,24,26)(H2,23,25,27,31). The predicted molar refractivity (Wildman–Crippen MR) is 122 cm³/mol. The summed E-state index contributed by atoms with van der Waals surface area (Å²) in [7, 11) is 1.50. The summed E-state index contributed by atoms with van der Waals surface area (Å²) in [6, 6.07) is 11.8. The van der Waals surface area contributed by atoms with Gasteiger partial charge in [-0.25, -0.2) is 0 Å². The molecule has 0 atom stereocenters. The highest BCUT2D eigenvalue weighted by molar-refractivity contribution is 7.80. The zero-order chi connectivity index (χ0) is 22.6. The average Bonchev–Trinajstić information content (AvgIpc) is 2.75. The van der Waals surface area contributed by atoms with Crippen LogP contribution in [0.3, 0.4) is 0 Å². The van der Waals surface area contributed by atoms with E-state index in [1.807, 2.05) is 0 Å². The Morgan fingerprint density at radius 3 is 2.42 bits per heavy atom. The molecule has 0 aliphatic carbocycles. The Morgan fingerprint density at radius 1 is 0.968 bits per heavy atom. The number of hydrogen-bond acceptors (Lipinski definition) is 6. The number of benzene rings is 2. The molecule has 0 heterocycles. The predicted octanol–water partition coefficient (Wildman–Crippen LogP) is 3.26. The summed E-state index contributed by atoms with van der Waals surface area (Å²) in [5, 5.41) is 3.24. The van der Waals surface area contributed by atoms with E-state index in [9.17, 15) is 9.59 Å². The number of carbonyl (C=O) groups excluding carboxylic acids is 2. The van der Waals surface area contributed by atoms with Crippen molar-refractivity contribution in [3.05, 3.63) is 52.5 Å². The number of ether oxygens (including phenoxy) is 3. The summed E-state index contributed by atoms with van der Waals surface area (Å²) < 4.78 is 16.0. The van der Waals surface area contributed by atoms with E-state index in [4.69, 9.17) is 49.6 Å². The van der Waals surface area contributed by atoms with Crippen LogP contribution in [0.25, 0.3) is 0 Å². The largest absolute Gasteiger partial charge is 0.493 e. The van der Waals surface area contributed by atoms with E-state index in [0.717, 1.165) is 0 Å². The van der Waals surface area contributed by atoms with Crippen LogP contribution in [0.5, 0.6) is 17.2 Å². The summed E-state index contributed by atoms with van der Waals surface area (Å²) in [5.74, 6) is 0.599. The molecule has 8 nitrogen and oxygen atoms in total. The highest BCUT2D eigenvalue weighted by Gasteiger charge is 2.09. The van der Waals surface area contributed by atoms with Crippen LogP contribution in [-0.2, 0) is 9.59 Å². The van der Waals surface area contributed by atoms with Gasteiger partial charge >= 0.3 is 0 Å². The van der Waals surface area contributed by atoms with Gasteiger partial charge in [-0.1, -0.05) is 35.3 Å². The number of rotatable bonds is 9. The van der Waals surface area contributed by atoms with Crippen LogP contribution in [0.1, 0.15) is 12.8 Å². The maximum atomic E-state index is 11.9. The minimum atomic E-state index is -0.495. The fraction of sp³-hybridized carbons (Fsp3) is 0.250. The summed E-state index contributed by atoms with van der Waals surface area (Å²) in [6.45, 7) is 0.0109. The number of para-hydroxylation sites is 2. The molecule has 3 N–H and O–H groups in total. The van der Waals surface area contributed by atoms with Crippen LogP contribution in [0.15, 0.2) is 42.5 Å². The van der Waals surface area contributed by atoms with Gasteiger partial charge in [0.05, 0.1) is 18.7 Å². The van der Waals surface area contributed by atoms with E-state index in [2.05, 4.69) is 16.2 Å². The SMILES string of the molecule is COc1ccccc1OCC(=O)NC(=S)NNC(=O)CCCOc1ccc(Cl)cc1Cl. The van der Waals surface area contributed by atoms with Crippen LogP contribution in [-0.4, -0.2) is 37.3 Å². The Morgan fingerprint density at radius 2 is 1.71 bits per heavy atom. The second-order valence-corrected chi connectivity index (χ2v) is 7.27. The van der Waals surface area contributed by atoms with E-state index >= 15 is 0 Å². The number of halogens is 2. The molecule has 31 heavy (non-hydrogen) atoms. The first kappa shape index (κ1) is 24.5. The number of hydrazine groups is 1. The van der Waals surface area contributed by atoms with E-state index < -0.39 is 5.91 Å². The summed E-state index contributed by atoms with van der Waals surface area (Å²) >= 11 is 16.8. The Balaban J connectivity index is 1.60. The molecule has 2 aromatic rings. The lowest BCUT2D eigenvalue weighted by Gasteiger charge is -2.12. The highest BCUT2D eigenvalue weighted by atomic mass is 35.5. The van der Waals surface area contributed by atoms with Crippen molar-refractivity contribution in [1.29, 1.82) is 0 Å². The average molecular weight is 486 g/mol. The molecule has 0 bridgehead atoms. The van der Waals surface area contributed by atoms with Crippen molar-refractivity contribution in [2.75, 3.05) is 20.3 Å². The monoisotopic (exact) mass is 485 g/mol. The number of hydrogen-bond donors (Lipinski definition) is 3. The zero-order valence-electron chi connectivity index (χ0n) is 16.6. The first-order chi connectivity index (χ1) is 14.9. The van der Waals surface area contributed by atoms with Gasteiger partial charge in [0, 0.05) is 11.4 Å².